The van der Waals surface area contributed by atoms with Crippen LogP contribution >= 0.6 is 0 Å². The third-order valence-corrected chi connectivity index (χ3v) is 4.77. The highest BCUT2D eigenvalue weighted by Crippen LogP contribution is 2.09. The summed E-state index contributed by atoms with van der Waals surface area (Å²) in [5.74, 6) is 5.73. The minimum absolute atomic E-state index is 0.569. The van der Waals surface area contributed by atoms with Crippen molar-refractivity contribution >= 4 is 0 Å². The summed E-state index contributed by atoms with van der Waals surface area (Å²) in [5.41, 5.74) is 9.83. The van der Waals surface area contributed by atoms with Crippen molar-refractivity contribution in [3.05, 3.63) is 84.0 Å². The van der Waals surface area contributed by atoms with Crippen LogP contribution in [0.1, 0.15) is 17.1 Å². The summed E-state index contributed by atoms with van der Waals surface area (Å²) in [6, 6.07) is 12.0. The Kier molecular flexibility index (Phi) is 8.67. The van der Waals surface area contributed by atoms with Gasteiger partial charge in [0.1, 0.15) is 0 Å². The van der Waals surface area contributed by atoms with Gasteiger partial charge in [-0.05, 0) is 24.3 Å². The van der Waals surface area contributed by atoms with Gasteiger partial charge in [-0.1, -0.05) is 17.3 Å². The van der Waals surface area contributed by atoms with Crippen LogP contribution in [0.2, 0.25) is 0 Å². The zero-order valence-corrected chi connectivity index (χ0v) is 18.7. The van der Waals surface area contributed by atoms with Gasteiger partial charge in [-0.3, -0.25) is 24.4 Å². The van der Waals surface area contributed by atoms with Crippen molar-refractivity contribution in [1.82, 2.24) is 39.8 Å². The number of pyridine rings is 2. The first kappa shape index (κ1) is 23.3. The average molecular weight is 437 g/mol. The van der Waals surface area contributed by atoms with Gasteiger partial charge in [0.25, 0.3) is 0 Å². The van der Waals surface area contributed by atoms with E-state index in [0.717, 1.165) is 43.3 Å². The van der Waals surface area contributed by atoms with Crippen molar-refractivity contribution < 1.29 is 0 Å². The van der Waals surface area contributed by atoms with Gasteiger partial charge in [-0.2, -0.15) is 0 Å². The number of hydrazine groups is 1. The highest BCUT2D eigenvalue weighted by Gasteiger charge is 2.14. The second kappa shape index (κ2) is 11.9. The third-order valence-electron chi connectivity index (χ3n) is 4.77. The van der Waals surface area contributed by atoms with Crippen LogP contribution in [0.25, 0.3) is 0 Å². The smallest absolute Gasteiger partial charge is 0.0967 e. The van der Waals surface area contributed by atoms with Crippen LogP contribution in [0, 0.1) is 0 Å². The Balaban J connectivity index is 1.71. The summed E-state index contributed by atoms with van der Waals surface area (Å²) in [5, 5.41) is 9.73. The summed E-state index contributed by atoms with van der Waals surface area (Å²) in [6.45, 7) is 4.25. The Labute approximate surface area is 189 Å². The van der Waals surface area contributed by atoms with Crippen molar-refractivity contribution in [1.29, 1.82) is 0 Å². The highest BCUT2D eigenvalue weighted by molar-refractivity contribution is 5.06. The van der Waals surface area contributed by atoms with E-state index in [1.54, 1.807) is 17.9 Å². The summed E-state index contributed by atoms with van der Waals surface area (Å²) in [6.07, 6.45) is 7.29. The molecule has 32 heavy (non-hydrogen) atoms. The van der Waals surface area contributed by atoms with Crippen molar-refractivity contribution in [2.45, 2.75) is 19.6 Å². The molecule has 3 rings (SSSR count). The molecule has 0 aliphatic rings. The maximum atomic E-state index is 6.21. The van der Waals surface area contributed by atoms with Crippen LogP contribution in [0.15, 0.2) is 66.9 Å². The lowest BCUT2D eigenvalue weighted by molar-refractivity contribution is 0.191. The third kappa shape index (κ3) is 8.06. The van der Waals surface area contributed by atoms with Crippen LogP contribution in [-0.2, 0) is 26.7 Å². The van der Waals surface area contributed by atoms with Gasteiger partial charge in [-0.25, -0.2) is 5.84 Å². The molecule has 0 fully saturated rings. The maximum absolute atomic E-state index is 6.21. The minimum Gasteiger partial charge on any atom is -0.400 e. The first-order valence-corrected chi connectivity index (χ1v) is 10.5. The molecule has 0 aliphatic carbocycles. The molecule has 0 atom stereocenters. The van der Waals surface area contributed by atoms with E-state index in [2.05, 4.69) is 30.1 Å². The lowest BCUT2D eigenvalue weighted by Gasteiger charge is -2.27. The summed E-state index contributed by atoms with van der Waals surface area (Å²) < 4.78 is 1.70. The van der Waals surface area contributed by atoms with Crippen molar-refractivity contribution in [3.8, 4) is 0 Å². The van der Waals surface area contributed by atoms with Gasteiger partial charge in [0.05, 0.1) is 17.1 Å². The molecule has 10 heteroatoms. The molecular weight excluding hydrogens is 404 g/mol. The summed E-state index contributed by atoms with van der Waals surface area (Å²) in [7, 11) is 3.61. The monoisotopic (exact) mass is 436 g/mol. The maximum Gasteiger partial charge on any atom is 0.0967 e. The predicted molar refractivity (Wildman–Crippen MR) is 123 cm³/mol. The van der Waals surface area contributed by atoms with Crippen LogP contribution in [-0.4, -0.2) is 66.5 Å². The molecule has 3 aromatic heterocycles. The van der Waals surface area contributed by atoms with Gasteiger partial charge in [0.15, 0.2) is 0 Å². The molecule has 4 N–H and O–H groups in total. The van der Waals surface area contributed by atoms with Gasteiger partial charge >= 0.3 is 0 Å². The molecule has 0 amide bonds. The fourth-order valence-electron chi connectivity index (χ4n) is 3.41. The molecule has 0 bridgehead atoms. The molecule has 10 nitrogen and oxygen atoms in total. The molecule has 0 radical (unpaired) electrons. The molecule has 170 valence electrons. The number of nitrogens with zero attached hydrogens (tertiary/aromatic N) is 8. The molecule has 0 aliphatic heterocycles. The largest absolute Gasteiger partial charge is 0.400 e. The fraction of sp³-hybridized carbons (Fsp3) is 0.364. The number of nitrogens with two attached hydrogens (primary N) is 2. The Bertz CT molecular complexity index is 914. The zero-order chi connectivity index (χ0) is 22.8. The molecule has 0 aromatic carbocycles. The normalized spacial score (nSPS) is 12.0. The van der Waals surface area contributed by atoms with E-state index >= 15 is 0 Å². The number of hydrogen-bond acceptors (Lipinski definition) is 9. The molecular formula is C22H32N10. The summed E-state index contributed by atoms with van der Waals surface area (Å²) >= 11 is 0. The minimum atomic E-state index is 0.569. The van der Waals surface area contributed by atoms with E-state index < -0.39 is 0 Å². The first-order chi connectivity index (χ1) is 15.5. The van der Waals surface area contributed by atoms with Crippen LogP contribution in [0.3, 0.4) is 0 Å². The van der Waals surface area contributed by atoms with E-state index in [1.165, 1.54) is 5.01 Å². The van der Waals surface area contributed by atoms with E-state index in [-0.39, 0.29) is 0 Å². The Hall–Kier alpha value is -3.34. The van der Waals surface area contributed by atoms with Gasteiger partial charge < -0.3 is 10.7 Å². The van der Waals surface area contributed by atoms with Crippen molar-refractivity contribution in [2.24, 2.45) is 18.6 Å². The molecule has 0 spiro atoms. The topological polar surface area (TPSA) is 118 Å². The Morgan fingerprint density at radius 2 is 1.53 bits per heavy atom. The number of rotatable bonds is 12. The predicted octanol–water partition coefficient (Wildman–Crippen LogP) is 0.715. The van der Waals surface area contributed by atoms with Crippen molar-refractivity contribution in [3.63, 3.8) is 0 Å². The zero-order valence-electron chi connectivity index (χ0n) is 18.7. The van der Waals surface area contributed by atoms with Gasteiger partial charge in [0, 0.05) is 83.9 Å². The second-order valence-electron chi connectivity index (χ2n) is 7.82. The van der Waals surface area contributed by atoms with E-state index in [4.69, 9.17) is 11.6 Å². The van der Waals surface area contributed by atoms with E-state index in [0.29, 0.717) is 18.8 Å². The molecule has 0 unspecified atom stereocenters. The number of aryl methyl sites for hydroxylation is 1. The highest BCUT2D eigenvalue weighted by atomic mass is 15.4. The Morgan fingerprint density at radius 1 is 0.938 bits per heavy atom. The molecule has 0 saturated carbocycles. The quantitative estimate of drug-likeness (QED) is 0.313. The lowest BCUT2D eigenvalue weighted by Crippen LogP contribution is -2.37. The fourth-order valence-corrected chi connectivity index (χ4v) is 3.41. The standard InChI is InChI=1S/C22H32N10/c1-29(24)13-19(23)14-31(18-22-15-30(2)28-27-22)11-12-32(16-20-7-3-5-9-25-20)17-21-8-4-6-10-26-21/h3-10,13,15H,11-12,14,16-18,23-24H2,1-2H3/b19-13-. The van der Waals surface area contributed by atoms with Gasteiger partial charge in [-0.15, -0.1) is 5.10 Å². The Morgan fingerprint density at radius 3 is 2.03 bits per heavy atom. The number of hydrogen-bond donors (Lipinski definition) is 2. The molecule has 3 aromatic rings. The SMILES string of the molecule is CN(N)/C=C(\N)CN(CCN(Cc1ccccn1)Cc1ccccn1)Cc1cn(C)nn1. The summed E-state index contributed by atoms with van der Waals surface area (Å²) in [4.78, 5) is 13.6. The molecule has 0 saturated heterocycles. The van der Waals surface area contributed by atoms with E-state index in [1.807, 2.05) is 62.0 Å². The van der Waals surface area contributed by atoms with E-state index in [9.17, 15) is 0 Å². The lowest BCUT2D eigenvalue weighted by atomic mass is 10.2. The van der Waals surface area contributed by atoms with Crippen LogP contribution in [0.4, 0.5) is 0 Å². The van der Waals surface area contributed by atoms with Crippen LogP contribution < -0.4 is 11.6 Å². The average Bonchev–Trinajstić information content (AvgIpc) is 3.17. The van der Waals surface area contributed by atoms with Crippen molar-refractivity contribution in [2.75, 3.05) is 26.7 Å². The number of aromatic nitrogens is 5. The molecule has 3 heterocycles. The van der Waals surface area contributed by atoms with Crippen LogP contribution in [0.5, 0.6) is 0 Å². The second-order valence-corrected chi connectivity index (χ2v) is 7.82. The van der Waals surface area contributed by atoms with Gasteiger partial charge in [0.2, 0.25) is 0 Å². The first-order valence-electron chi connectivity index (χ1n) is 10.5.